The zero-order valence-electron chi connectivity index (χ0n) is 13.9. The predicted octanol–water partition coefficient (Wildman–Crippen LogP) is 2.64. The summed E-state index contributed by atoms with van der Waals surface area (Å²) in [5, 5.41) is 0. The first-order valence-electron chi connectivity index (χ1n) is 7.35. The molecule has 0 aliphatic rings. The van der Waals surface area contributed by atoms with Gasteiger partial charge in [-0.2, -0.15) is 0 Å². The first kappa shape index (κ1) is 17.4. The molecule has 0 atom stereocenters. The van der Waals surface area contributed by atoms with E-state index in [4.69, 9.17) is 4.74 Å². The number of hydrogen-bond donors (Lipinski definition) is 1. The summed E-state index contributed by atoms with van der Waals surface area (Å²) in [5.74, 6) is 0.704. The number of aromatic nitrogens is 1. The predicted molar refractivity (Wildman–Crippen MR) is 90.9 cm³/mol. The summed E-state index contributed by atoms with van der Waals surface area (Å²) >= 11 is 0. The van der Waals surface area contributed by atoms with Gasteiger partial charge in [0, 0.05) is 17.3 Å². The lowest BCUT2D eigenvalue weighted by Crippen LogP contribution is -2.26. The minimum Gasteiger partial charge on any atom is -0.496 e. The van der Waals surface area contributed by atoms with Crippen molar-refractivity contribution >= 4 is 10.0 Å². The van der Waals surface area contributed by atoms with Crippen molar-refractivity contribution in [2.45, 2.75) is 33.1 Å². The Bertz CT molecular complexity index is 801. The molecule has 2 rings (SSSR count). The van der Waals surface area contributed by atoms with Crippen molar-refractivity contribution < 1.29 is 13.2 Å². The van der Waals surface area contributed by atoms with Gasteiger partial charge in [0.25, 0.3) is 0 Å². The average Bonchev–Trinajstić information content (AvgIpc) is 2.49. The van der Waals surface area contributed by atoms with Crippen molar-refractivity contribution in [3.8, 4) is 5.75 Å². The van der Waals surface area contributed by atoms with Crippen molar-refractivity contribution in [2.75, 3.05) is 7.11 Å². The monoisotopic (exact) mass is 334 g/mol. The number of rotatable bonds is 6. The minimum atomic E-state index is -3.43. The van der Waals surface area contributed by atoms with Gasteiger partial charge in [0.2, 0.25) is 10.0 Å². The second-order valence-corrected chi connectivity index (χ2v) is 7.36. The maximum atomic E-state index is 12.3. The van der Waals surface area contributed by atoms with E-state index in [1.54, 1.807) is 13.3 Å². The molecular weight excluding hydrogens is 312 g/mol. The van der Waals surface area contributed by atoms with Gasteiger partial charge >= 0.3 is 0 Å². The maximum absolute atomic E-state index is 12.3. The molecule has 0 radical (unpaired) electrons. The summed E-state index contributed by atoms with van der Waals surface area (Å²) in [6.07, 6.45) is 1.69. The molecule has 0 unspecified atom stereocenters. The van der Waals surface area contributed by atoms with Crippen LogP contribution in [0.3, 0.4) is 0 Å². The van der Waals surface area contributed by atoms with Crippen LogP contribution >= 0.6 is 0 Å². The van der Waals surface area contributed by atoms with E-state index in [1.807, 2.05) is 45.0 Å². The summed E-state index contributed by atoms with van der Waals surface area (Å²) in [4.78, 5) is 4.31. The fourth-order valence-electron chi connectivity index (χ4n) is 2.46. The van der Waals surface area contributed by atoms with E-state index in [-0.39, 0.29) is 12.3 Å². The van der Waals surface area contributed by atoms with Crippen molar-refractivity contribution in [1.29, 1.82) is 0 Å². The molecule has 1 aromatic heterocycles. The van der Waals surface area contributed by atoms with Gasteiger partial charge < -0.3 is 4.74 Å². The Morgan fingerprint density at radius 2 is 1.83 bits per heavy atom. The molecule has 0 amide bonds. The molecule has 0 aliphatic heterocycles. The molecule has 1 N–H and O–H groups in total. The van der Waals surface area contributed by atoms with E-state index in [0.29, 0.717) is 5.69 Å². The number of nitrogens with zero attached hydrogens (tertiary/aromatic N) is 1. The van der Waals surface area contributed by atoms with Crippen molar-refractivity contribution in [1.82, 2.24) is 9.71 Å². The molecular formula is C17H22N2O3S. The third kappa shape index (κ3) is 4.30. The molecule has 23 heavy (non-hydrogen) atoms. The van der Waals surface area contributed by atoms with E-state index in [9.17, 15) is 8.42 Å². The van der Waals surface area contributed by atoms with Crippen LogP contribution in [-0.2, 0) is 22.3 Å². The van der Waals surface area contributed by atoms with E-state index < -0.39 is 10.0 Å². The third-order valence-electron chi connectivity index (χ3n) is 3.82. The van der Waals surface area contributed by atoms with Gasteiger partial charge in [-0.25, -0.2) is 13.1 Å². The van der Waals surface area contributed by atoms with Crippen LogP contribution in [0.15, 0.2) is 30.5 Å². The smallest absolute Gasteiger partial charge is 0.216 e. The van der Waals surface area contributed by atoms with E-state index in [2.05, 4.69) is 9.71 Å². The summed E-state index contributed by atoms with van der Waals surface area (Å²) in [6.45, 7) is 5.84. The highest BCUT2D eigenvalue weighted by Crippen LogP contribution is 2.24. The lowest BCUT2D eigenvalue weighted by atomic mass is 10.1. The number of benzene rings is 1. The Balaban J connectivity index is 2.13. The number of nitrogens with one attached hydrogen (secondary N) is 1. The van der Waals surface area contributed by atoms with Gasteiger partial charge in [-0.15, -0.1) is 0 Å². The number of ether oxygens (including phenoxy) is 1. The SMILES string of the molecule is COc1c(C)cnc(CNS(=O)(=O)Cc2ccccc2C)c1C. The number of pyridine rings is 1. The standard InChI is InChI=1S/C17H22N2O3S/c1-12-7-5-6-8-15(12)11-23(20,21)19-10-16-14(3)17(22-4)13(2)9-18-16/h5-9,19H,10-11H2,1-4H3. The number of sulfonamides is 1. The molecule has 0 saturated carbocycles. The lowest BCUT2D eigenvalue weighted by Gasteiger charge is -2.13. The van der Waals surface area contributed by atoms with Gasteiger partial charge in [-0.3, -0.25) is 4.98 Å². The normalized spacial score (nSPS) is 11.5. The topological polar surface area (TPSA) is 68.3 Å². The Labute approximate surface area is 137 Å². The lowest BCUT2D eigenvalue weighted by molar-refractivity contribution is 0.406. The van der Waals surface area contributed by atoms with Crippen molar-refractivity contribution in [3.05, 3.63) is 58.4 Å². The first-order chi connectivity index (χ1) is 10.8. The van der Waals surface area contributed by atoms with Crippen LogP contribution in [0.4, 0.5) is 0 Å². The molecule has 124 valence electrons. The Morgan fingerprint density at radius 1 is 1.13 bits per heavy atom. The van der Waals surface area contributed by atoms with Gasteiger partial charge in [0.15, 0.2) is 0 Å². The molecule has 0 aliphatic carbocycles. The van der Waals surface area contributed by atoms with Crippen LogP contribution in [0, 0.1) is 20.8 Å². The zero-order chi connectivity index (χ0) is 17.0. The summed E-state index contributed by atoms with van der Waals surface area (Å²) < 4.78 is 32.5. The highest BCUT2D eigenvalue weighted by molar-refractivity contribution is 7.88. The Kier molecular flexibility index (Phi) is 5.38. The largest absolute Gasteiger partial charge is 0.496 e. The van der Waals surface area contributed by atoms with E-state index >= 15 is 0 Å². The minimum absolute atomic E-state index is 0.0400. The Morgan fingerprint density at radius 3 is 2.48 bits per heavy atom. The third-order valence-corrected chi connectivity index (χ3v) is 5.09. The van der Waals surface area contributed by atoms with Gasteiger partial charge in [-0.05, 0) is 31.9 Å². The molecule has 0 saturated heterocycles. The molecule has 0 fully saturated rings. The molecule has 1 aromatic carbocycles. The van der Waals surface area contributed by atoms with Crippen LogP contribution in [0.5, 0.6) is 5.75 Å². The number of hydrogen-bond acceptors (Lipinski definition) is 4. The summed E-state index contributed by atoms with van der Waals surface area (Å²) in [5.41, 5.74) is 4.21. The first-order valence-corrected chi connectivity index (χ1v) is 9.00. The van der Waals surface area contributed by atoms with E-state index in [1.165, 1.54) is 0 Å². The number of aryl methyl sites for hydroxylation is 2. The van der Waals surface area contributed by atoms with Gasteiger partial charge in [-0.1, -0.05) is 24.3 Å². The molecule has 6 heteroatoms. The summed E-state index contributed by atoms with van der Waals surface area (Å²) in [6, 6.07) is 7.47. The van der Waals surface area contributed by atoms with Crippen molar-refractivity contribution in [2.24, 2.45) is 0 Å². The molecule has 0 bridgehead atoms. The van der Waals surface area contributed by atoms with E-state index in [0.717, 1.165) is 28.0 Å². The van der Waals surface area contributed by atoms with Crippen LogP contribution < -0.4 is 9.46 Å². The molecule has 0 spiro atoms. The quantitative estimate of drug-likeness (QED) is 0.882. The highest BCUT2D eigenvalue weighted by atomic mass is 32.2. The van der Waals surface area contributed by atoms with Crippen LogP contribution in [0.25, 0.3) is 0 Å². The molecule has 2 aromatic rings. The average molecular weight is 334 g/mol. The Hall–Kier alpha value is -1.92. The van der Waals surface area contributed by atoms with Crippen LogP contribution in [0.2, 0.25) is 0 Å². The second kappa shape index (κ2) is 7.10. The van der Waals surface area contributed by atoms with Gasteiger partial charge in [0.1, 0.15) is 5.75 Å². The fraction of sp³-hybridized carbons (Fsp3) is 0.353. The fourth-order valence-corrected chi connectivity index (χ4v) is 3.65. The van der Waals surface area contributed by atoms with Crippen LogP contribution in [-0.4, -0.2) is 20.5 Å². The molecule has 1 heterocycles. The van der Waals surface area contributed by atoms with Crippen LogP contribution in [0.1, 0.15) is 27.9 Å². The second-order valence-electron chi connectivity index (χ2n) is 5.55. The highest BCUT2D eigenvalue weighted by Gasteiger charge is 2.15. The summed E-state index contributed by atoms with van der Waals surface area (Å²) in [7, 11) is -1.83. The number of methoxy groups -OCH3 is 1. The van der Waals surface area contributed by atoms with Gasteiger partial charge in [0.05, 0.1) is 25.1 Å². The molecule has 5 nitrogen and oxygen atoms in total. The zero-order valence-corrected chi connectivity index (χ0v) is 14.7. The maximum Gasteiger partial charge on any atom is 0.216 e. The van der Waals surface area contributed by atoms with Crippen molar-refractivity contribution in [3.63, 3.8) is 0 Å².